The third kappa shape index (κ3) is 37.5. The van der Waals surface area contributed by atoms with Gasteiger partial charge in [0.05, 0.1) is 0 Å². The summed E-state index contributed by atoms with van der Waals surface area (Å²) >= 11 is 0. The summed E-state index contributed by atoms with van der Waals surface area (Å²) in [6.07, 6.45) is 0. The Kier molecular flexibility index (Phi) is 421. The predicted octanol–water partition coefficient (Wildman–Crippen LogP) is -1.53. The Hall–Kier alpha value is 4.48. The van der Waals surface area contributed by atoms with E-state index in [1.54, 1.807) is 0 Å². The van der Waals surface area contributed by atoms with Gasteiger partial charge < -0.3 is 68.3 Å². The van der Waals surface area contributed by atoms with Crippen molar-refractivity contribution in [3.05, 3.63) is 0 Å². The minimum atomic E-state index is 0. The maximum Gasteiger partial charge on any atom is 3.00 e. The van der Waals surface area contributed by atoms with Crippen LogP contribution in [0, 0.1) is 0 Å². The average Bonchev–Trinajstić information content (AvgIpc) is 0. The molecule has 7 heteroatoms. The van der Waals surface area contributed by atoms with Gasteiger partial charge in [0, 0.05) is 0 Å². The Labute approximate surface area is 137 Å². The molecule has 0 radical (unpaired) electrons. The SMILES string of the molecule is [Au+3].[Au+3].[Cd+2].[Se-2].[Se-2].[Se-2].[Se-2]. The van der Waals surface area contributed by atoms with E-state index in [9.17, 15) is 0 Å². The molecular weight excluding hydrogens is 822 g/mol. The molecule has 0 nitrogen and oxygen atoms in total. The van der Waals surface area contributed by atoms with Crippen molar-refractivity contribution in [3.63, 3.8) is 0 Å². The Morgan fingerprint density at radius 2 is 0.429 bits per heavy atom. The van der Waals surface area contributed by atoms with Crippen molar-refractivity contribution in [1.82, 2.24) is 0 Å². The summed E-state index contributed by atoms with van der Waals surface area (Å²) in [4.78, 5) is 0. The van der Waals surface area contributed by atoms with Crippen LogP contribution in [0.25, 0.3) is 0 Å². The summed E-state index contributed by atoms with van der Waals surface area (Å²) in [6, 6.07) is 0. The average molecular weight is 822 g/mol. The van der Waals surface area contributed by atoms with E-state index >= 15 is 0 Å². The first-order valence-electron chi connectivity index (χ1n) is 0. The second-order valence-electron chi connectivity index (χ2n) is 0. The van der Waals surface area contributed by atoms with Gasteiger partial charge in [-0.15, -0.1) is 0 Å². The molecule has 0 atom stereocenters. The van der Waals surface area contributed by atoms with Gasteiger partial charge in [0.1, 0.15) is 0 Å². The number of hydrogen-bond donors (Lipinski definition) is 0. The molecule has 0 saturated carbocycles. The second-order valence-corrected chi connectivity index (χ2v) is 0. The van der Waals surface area contributed by atoms with Crippen LogP contribution in [-0.4, -0.2) is 68.3 Å². The van der Waals surface area contributed by atoms with E-state index in [4.69, 9.17) is 0 Å². The van der Waals surface area contributed by atoms with Gasteiger partial charge in [0.25, 0.3) is 0 Å². The maximum absolute atomic E-state index is 0. The molecule has 7 heavy (non-hydrogen) atoms. The molecule has 0 aromatic rings. The fourth-order valence-electron chi connectivity index (χ4n) is 0. The van der Waals surface area contributed by atoms with Crippen molar-refractivity contribution < 1.29 is 72.1 Å². The summed E-state index contributed by atoms with van der Waals surface area (Å²) in [7, 11) is 0. The standard InChI is InChI=1S/2Au.Cd.4Se/q2*+3;+2;4*-2. The van der Waals surface area contributed by atoms with Crippen molar-refractivity contribution in [2.24, 2.45) is 0 Å². The minimum absolute atomic E-state index is 0. The Morgan fingerprint density at radius 1 is 0.429 bits per heavy atom. The van der Waals surface area contributed by atoms with E-state index in [0.717, 1.165) is 0 Å². The van der Waals surface area contributed by atoms with Crippen LogP contribution in [0.15, 0.2) is 0 Å². The second kappa shape index (κ2) is 46.9. The fraction of sp³-hybridized carbons (Fsp3) is 0. The quantitative estimate of drug-likeness (QED) is 0.261. The fourth-order valence-corrected chi connectivity index (χ4v) is 0. The minimum Gasteiger partial charge on any atom is -2.00 e. The van der Waals surface area contributed by atoms with Crippen LogP contribution in [-0.2, 0) is 72.1 Å². The summed E-state index contributed by atoms with van der Waals surface area (Å²) in [5.74, 6) is 0. The van der Waals surface area contributed by atoms with Crippen molar-refractivity contribution in [2.75, 3.05) is 0 Å². The molecule has 0 heterocycles. The van der Waals surface area contributed by atoms with E-state index < -0.39 is 0 Å². The van der Waals surface area contributed by atoms with Crippen molar-refractivity contribution in [3.8, 4) is 0 Å². The van der Waals surface area contributed by atoms with Crippen LogP contribution in [0.5, 0.6) is 0 Å². The van der Waals surface area contributed by atoms with Crippen LogP contribution in [0.2, 0.25) is 0 Å². The molecule has 48 valence electrons. The van der Waals surface area contributed by atoms with Crippen LogP contribution >= 0.6 is 0 Å². The molecule has 0 bridgehead atoms. The molecule has 0 aliphatic heterocycles. The molecule has 0 rings (SSSR count). The largest absolute Gasteiger partial charge is 3.00 e. The third-order valence-corrected chi connectivity index (χ3v) is 0. The molecule has 0 aromatic carbocycles. The molecule has 0 fully saturated rings. The van der Waals surface area contributed by atoms with Gasteiger partial charge in [-0.1, -0.05) is 0 Å². The predicted molar refractivity (Wildman–Crippen MR) is 23.0 cm³/mol. The van der Waals surface area contributed by atoms with Gasteiger partial charge in [-0.25, -0.2) is 0 Å². The Balaban J connectivity index is 0. The third-order valence-electron chi connectivity index (χ3n) is 0. The first-order valence-corrected chi connectivity index (χ1v) is 0. The zero-order valence-electron chi connectivity index (χ0n) is 2.94. The van der Waals surface area contributed by atoms with Gasteiger partial charge in [-0.05, 0) is 0 Å². The van der Waals surface area contributed by atoms with Gasteiger partial charge >= 0.3 is 72.1 Å². The summed E-state index contributed by atoms with van der Waals surface area (Å²) < 4.78 is 0. The number of hydrogen-bond acceptors (Lipinski definition) is 0. The van der Waals surface area contributed by atoms with Crippen LogP contribution < -0.4 is 0 Å². The van der Waals surface area contributed by atoms with E-state index in [1.807, 2.05) is 0 Å². The zero-order chi connectivity index (χ0) is 0. The maximum atomic E-state index is 0. The molecule has 0 aliphatic rings. The van der Waals surface area contributed by atoms with Gasteiger partial charge in [0.15, 0.2) is 0 Å². The molecule has 0 spiro atoms. The van der Waals surface area contributed by atoms with E-state index in [0.29, 0.717) is 0 Å². The normalized spacial score (nSPS) is 0. The van der Waals surface area contributed by atoms with Gasteiger partial charge in [0.2, 0.25) is 0 Å². The van der Waals surface area contributed by atoms with Crippen LogP contribution in [0.4, 0.5) is 0 Å². The summed E-state index contributed by atoms with van der Waals surface area (Å²) in [5.41, 5.74) is 0. The Morgan fingerprint density at radius 3 is 0.429 bits per heavy atom. The van der Waals surface area contributed by atoms with Crippen molar-refractivity contribution >= 4 is 68.3 Å². The van der Waals surface area contributed by atoms with Gasteiger partial charge in [-0.2, -0.15) is 0 Å². The first kappa shape index (κ1) is 62.8. The zero-order valence-corrected chi connectivity index (χ0v) is 18.2. The molecule has 0 amide bonds. The summed E-state index contributed by atoms with van der Waals surface area (Å²) in [6.45, 7) is 0. The van der Waals surface area contributed by atoms with E-state index in [1.165, 1.54) is 0 Å². The molecule has 0 N–H and O–H groups in total. The van der Waals surface area contributed by atoms with Crippen molar-refractivity contribution in [1.29, 1.82) is 0 Å². The number of rotatable bonds is 0. The topological polar surface area (TPSA) is 0 Å². The Bertz CT molecular complexity index is 9.65. The molecule has 0 aliphatic carbocycles. The van der Waals surface area contributed by atoms with Crippen LogP contribution in [0.3, 0.4) is 0 Å². The van der Waals surface area contributed by atoms with Crippen LogP contribution in [0.1, 0.15) is 0 Å². The summed E-state index contributed by atoms with van der Waals surface area (Å²) in [5, 5.41) is 0. The smallest absolute Gasteiger partial charge is 2.00 e. The molecule has 0 saturated heterocycles. The monoisotopic (exact) mass is 828 g/mol. The molecule has 0 unspecified atom stereocenters. The van der Waals surface area contributed by atoms with E-state index in [2.05, 4.69) is 0 Å². The van der Waals surface area contributed by atoms with E-state index in [-0.39, 0.29) is 140 Å². The van der Waals surface area contributed by atoms with Gasteiger partial charge in [-0.3, -0.25) is 0 Å². The molecular formula is Au2CdSe4. The molecule has 0 aromatic heterocycles. The first-order chi connectivity index (χ1) is 0. The van der Waals surface area contributed by atoms with Crippen molar-refractivity contribution in [2.45, 2.75) is 0 Å².